The van der Waals surface area contributed by atoms with Crippen LogP contribution in [-0.4, -0.2) is 37.4 Å². The lowest BCUT2D eigenvalue weighted by Crippen LogP contribution is -2.47. The van der Waals surface area contributed by atoms with E-state index in [9.17, 15) is 19.5 Å². The van der Waals surface area contributed by atoms with Gasteiger partial charge in [-0.3, -0.25) is 14.5 Å². The molecule has 0 saturated heterocycles. The van der Waals surface area contributed by atoms with Crippen LogP contribution < -0.4 is 11.0 Å². The van der Waals surface area contributed by atoms with Crippen molar-refractivity contribution in [1.82, 2.24) is 14.8 Å². The van der Waals surface area contributed by atoms with Gasteiger partial charge in [0.05, 0.1) is 24.0 Å². The molecule has 3 rings (SSSR count). The summed E-state index contributed by atoms with van der Waals surface area (Å²) in [7, 11) is 0. The summed E-state index contributed by atoms with van der Waals surface area (Å²) in [6.45, 7) is 5.52. The lowest BCUT2D eigenvalue weighted by atomic mass is 9.99. The Balaban J connectivity index is 1.98. The molecular formula is C23H25ClN4O4. The summed E-state index contributed by atoms with van der Waals surface area (Å²) < 4.78 is 0. The monoisotopic (exact) mass is 456 g/mol. The van der Waals surface area contributed by atoms with Gasteiger partial charge in [0.25, 0.3) is 5.56 Å². The Morgan fingerprint density at radius 2 is 1.75 bits per heavy atom. The second-order valence-corrected chi connectivity index (χ2v) is 8.52. The highest BCUT2D eigenvalue weighted by atomic mass is 35.5. The minimum absolute atomic E-state index is 0.0254. The first-order valence-corrected chi connectivity index (χ1v) is 10.6. The third-order valence-electron chi connectivity index (χ3n) is 5.52. The number of nitrogens with zero attached hydrogens (tertiary/aromatic N) is 3. The number of carboxylic acid groups (broad SMARTS) is 1. The maximum absolute atomic E-state index is 12.9. The minimum atomic E-state index is -1.09. The van der Waals surface area contributed by atoms with Gasteiger partial charge in [0.15, 0.2) is 0 Å². The normalized spacial score (nSPS) is 11.4. The number of hydrogen-bond donors (Lipinski definition) is 2. The SMILES string of the molecule is CCC(C)(C)N(Cc1nn(NC(=O)Cc2ccc(Cl)cc2)c(=O)c2ccccc12)C(=O)O. The van der Waals surface area contributed by atoms with Crippen molar-refractivity contribution in [3.05, 3.63) is 75.2 Å². The Morgan fingerprint density at radius 1 is 1.12 bits per heavy atom. The third kappa shape index (κ3) is 5.08. The predicted molar refractivity (Wildman–Crippen MR) is 123 cm³/mol. The lowest BCUT2D eigenvalue weighted by Gasteiger charge is -2.35. The first-order valence-electron chi connectivity index (χ1n) is 10.2. The van der Waals surface area contributed by atoms with E-state index in [1.165, 1.54) is 4.90 Å². The van der Waals surface area contributed by atoms with E-state index in [0.29, 0.717) is 27.9 Å². The zero-order valence-electron chi connectivity index (χ0n) is 18.1. The number of hydrogen-bond acceptors (Lipinski definition) is 4. The molecular weight excluding hydrogens is 432 g/mol. The standard InChI is InChI=1S/C23H25ClN4O4/c1-4-23(2,3)27(22(31)32)14-19-17-7-5-6-8-18(17)21(30)28(25-19)26-20(29)13-15-9-11-16(24)12-10-15/h5-12H,4,13-14H2,1-3H3,(H,26,29)(H,31,32). The average Bonchev–Trinajstić information content (AvgIpc) is 2.76. The van der Waals surface area contributed by atoms with Crippen LogP contribution >= 0.6 is 11.6 Å². The van der Waals surface area contributed by atoms with Crippen molar-refractivity contribution in [2.75, 3.05) is 5.43 Å². The number of rotatable bonds is 7. The minimum Gasteiger partial charge on any atom is -0.465 e. The molecule has 1 aromatic heterocycles. The van der Waals surface area contributed by atoms with Crippen molar-refractivity contribution in [2.45, 2.75) is 45.7 Å². The summed E-state index contributed by atoms with van der Waals surface area (Å²) in [4.78, 5) is 39.6. The van der Waals surface area contributed by atoms with Crippen molar-refractivity contribution in [3.8, 4) is 0 Å². The van der Waals surface area contributed by atoms with E-state index < -0.39 is 23.1 Å². The van der Waals surface area contributed by atoms with Crippen LogP contribution in [0.5, 0.6) is 0 Å². The Kier molecular flexibility index (Phi) is 6.84. The van der Waals surface area contributed by atoms with Gasteiger partial charge >= 0.3 is 6.09 Å². The summed E-state index contributed by atoms with van der Waals surface area (Å²) in [6.07, 6.45) is -0.473. The van der Waals surface area contributed by atoms with Crippen LogP contribution in [0.4, 0.5) is 4.79 Å². The molecule has 0 bridgehead atoms. The molecule has 0 spiro atoms. The molecule has 0 aliphatic carbocycles. The molecule has 0 radical (unpaired) electrons. The first-order chi connectivity index (χ1) is 15.1. The molecule has 0 aliphatic heterocycles. The lowest BCUT2D eigenvalue weighted by molar-refractivity contribution is -0.116. The maximum atomic E-state index is 12.9. The molecule has 8 nitrogen and oxygen atoms in total. The molecule has 32 heavy (non-hydrogen) atoms. The number of carbonyl (C=O) groups is 2. The molecule has 168 valence electrons. The molecule has 1 heterocycles. The van der Waals surface area contributed by atoms with E-state index in [2.05, 4.69) is 10.5 Å². The predicted octanol–water partition coefficient (Wildman–Crippen LogP) is 4.03. The molecule has 2 amide bonds. The molecule has 0 saturated carbocycles. The van der Waals surface area contributed by atoms with Crippen LogP contribution in [0, 0.1) is 0 Å². The largest absolute Gasteiger partial charge is 0.465 e. The summed E-state index contributed by atoms with van der Waals surface area (Å²) in [5.41, 5.74) is 2.47. The molecule has 3 aromatic rings. The van der Waals surface area contributed by atoms with Gasteiger partial charge in [0.1, 0.15) is 0 Å². The zero-order valence-corrected chi connectivity index (χ0v) is 18.9. The van der Waals surface area contributed by atoms with Crippen LogP contribution in [0.15, 0.2) is 53.3 Å². The van der Waals surface area contributed by atoms with Crippen LogP contribution in [0.2, 0.25) is 5.02 Å². The van der Waals surface area contributed by atoms with E-state index in [-0.39, 0.29) is 13.0 Å². The Bertz CT molecular complexity index is 1200. The van der Waals surface area contributed by atoms with E-state index in [4.69, 9.17) is 11.6 Å². The molecule has 0 aliphatic rings. The van der Waals surface area contributed by atoms with E-state index in [1.807, 2.05) is 20.8 Å². The van der Waals surface area contributed by atoms with Crippen LogP contribution in [0.1, 0.15) is 38.4 Å². The van der Waals surface area contributed by atoms with Gasteiger partial charge in [0.2, 0.25) is 5.91 Å². The van der Waals surface area contributed by atoms with E-state index >= 15 is 0 Å². The number of fused-ring (bicyclic) bond motifs is 1. The van der Waals surface area contributed by atoms with Gasteiger partial charge in [-0.1, -0.05) is 48.9 Å². The van der Waals surface area contributed by atoms with Crippen LogP contribution in [0.3, 0.4) is 0 Å². The van der Waals surface area contributed by atoms with Crippen LogP contribution in [-0.2, 0) is 17.8 Å². The quantitative estimate of drug-likeness (QED) is 0.558. The number of benzene rings is 2. The number of carbonyl (C=O) groups excluding carboxylic acids is 1. The summed E-state index contributed by atoms with van der Waals surface area (Å²) in [5, 5.41) is 15.5. The summed E-state index contributed by atoms with van der Waals surface area (Å²) in [6, 6.07) is 13.6. The van der Waals surface area contributed by atoms with Crippen LogP contribution in [0.25, 0.3) is 10.8 Å². The van der Waals surface area contributed by atoms with Gasteiger partial charge < -0.3 is 5.11 Å². The Morgan fingerprint density at radius 3 is 2.34 bits per heavy atom. The average molecular weight is 457 g/mol. The van der Waals surface area contributed by atoms with Gasteiger partial charge in [-0.05, 0) is 44.0 Å². The summed E-state index contributed by atoms with van der Waals surface area (Å²) in [5.74, 6) is -0.438. The smallest absolute Gasteiger partial charge is 0.408 e. The molecule has 0 fully saturated rings. The molecule has 0 unspecified atom stereocenters. The Labute approximate surface area is 190 Å². The van der Waals surface area contributed by atoms with Gasteiger partial charge in [-0.15, -0.1) is 4.79 Å². The topological polar surface area (TPSA) is 105 Å². The fraction of sp³-hybridized carbons (Fsp3) is 0.304. The Hall–Kier alpha value is -3.39. The van der Waals surface area contributed by atoms with E-state index in [0.717, 1.165) is 10.4 Å². The number of aromatic nitrogens is 2. The van der Waals surface area contributed by atoms with Crippen molar-refractivity contribution in [3.63, 3.8) is 0 Å². The van der Waals surface area contributed by atoms with Crippen molar-refractivity contribution < 1.29 is 14.7 Å². The first kappa shape index (κ1) is 23.3. The highest BCUT2D eigenvalue weighted by molar-refractivity contribution is 6.30. The molecule has 9 heteroatoms. The maximum Gasteiger partial charge on any atom is 0.408 e. The second-order valence-electron chi connectivity index (χ2n) is 8.08. The second kappa shape index (κ2) is 9.40. The number of amides is 2. The number of nitrogens with one attached hydrogen (secondary N) is 1. The van der Waals surface area contributed by atoms with Crippen molar-refractivity contribution in [1.29, 1.82) is 0 Å². The van der Waals surface area contributed by atoms with Gasteiger partial charge in [-0.25, -0.2) is 10.2 Å². The molecule has 2 N–H and O–H groups in total. The molecule has 2 aromatic carbocycles. The van der Waals surface area contributed by atoms with Crippen molar-refractivity contribution >= 4 is 34.4 Å². The number of halogens is 1. The van der Waals surface area contributed by atoms with Gasteiger partial charge in [0, 0.05) is 15.9 Å². The highest BCUT2D eigenvalue weighted by Gasteiger charge is 2.30. The molecule has 0 atom stereocenters. The fourth-order valence-electron chi connectivity index (χ4n) is 3.27. The zero-order chi connectivity index (χ0) is 23.5. The highest BCUT2D eigenvalue weighted by Crippen LogP contribution is 2.23. The third-order valence-corrected chi connectivity index (χ3v) is 5.78. The fourth-order valence-corrected chi connectivity index (χ4v) is 3.40. The van der Waals surface area contributed by atoms with Crippen molar-refractivity contribution in [2.24, 2.45) is 0 Å². The summed E-state index contributed by atoms with van der Waals surface area (Å²) >= 11 is 5.88. The van der Waals surface area contributed by atoms with E-state index in [1.54, 1.807) is 48.5 Å². The van der Waals surface area contributed by atoms with Gasteiger partial charge in [-0.2, -0.15) is 5.10 Å².